The summed E-state index contributed by atoms with van der Waals surface area (Å²) in [5.41, 5.74) is 12.3. The molecule has 1 aromatic heterocycles. The molecule has 3 rings (SSSR count). The van der Waals surface area contributed by atoms with Gasteiger partial charge in [-0.15, -0.1) is 0 Å². The van der Waals surface area contributed by atoms with Crippen molar-refractivity contribution in [1.82, 2.24) is 9.55 Å². The maximum atomic E-state index is 6.40. The third-order valence-electron chi connectivity index (χ3n) is 3.95. The molecule has 0 fully saturated rings. The van der Waals surface area contributed by atoms with Crippen LogP contribution in [-0.4, -0.2) is 9.55 Å². The Labute approximate surface area is 125 Å². The summed E-state index contributed by atoms with van der Waals surface area (Å²) in [7, 11) is 2.05. The van der Waals surface area contributed by atoms with Gasteiger partial charge >= 0.3 is 0 Å². The highest BCUT2D eigenvalue weighted by Gasteiger charge is 2.13. The third-order valence-corrected chi connectivity index (χ3v) is 3.95. The Morgan fingerprint density at radius 3 is 2.43 bits per heavy atom. The highest BCUT2D eigenvalue weighted by molar-refractivity contribution is 5.75. The van der Waals surface area contributed by atoms with Crippen LogP contribution in [0.5, 0.6) is 0 Å². The van der Waals surface area contributed by atoms with Crippen LogP contribution in [0, 0.1) is 13.8 Å². The summed E-state index contributed by atoms with van der Waals surface area (Å²) in [5, 5.41) is 0. The van der Waals surface area contributed by atoms with Gasteiger partial charge in [0, 0.05) is 19.5 Å². The zero-order valence-electron chi connectivity index (χ0n) is 12.8. The molecule has 1 atom stereocenters. The molecule has 0 spiro atoms. The molecule has 21 heavy (non-hydrogen) atoms. The smallest absolute Gasteiger partial charge is 0.111 e. The van der Waals surface area contributed by atoms with Crippen molar-refractivity contribution in [2.75, 3.05) is 0 Å². The minimum atomic E-state index is -0.0286. The zero-order valence-corrected chi connectivity index (χ0v) is 12.8. The van der Waals surface area contributed by atoms with Gasteiger partial charge in [0.15, 0.2) is 0 Å². The molecule has 0 aliphatic rings. The van der Waals surface area contributed by atoms with Crippen molar-refractivity contribution in [1.29, 1.82) is 0 Å². The molecule has 2 aromatic carbocycles. The van der Waals surface area contributed by atoms with Crippen LogP contribution < -0.4 is 5.73 Å². The normalized spacial score (nSPS) is 12.8. The summed E-state index contributed by atoms with van der Waals surface area (Å²) in [6.45, 7) is 4.22. The van der Waals surface area contributed by atoms with E-state index in [1.807, 2.05) is 18.2 Å². The molecule has 0 aliphatic heterocycles. The monoisotopic (exact) mass is 279 g/mol. The van der Waals surface area contributed by atoms with Gasteiger partial charge < -0.3 is 10.3 Å². The number of nitrogens with two attached hydrogens (primary N) is 1. The molecule has 0 radical (unpaired) electrons. The van der Waals surface area contributed by atoms with E-state index in [1.165, 1.54) is 16.7 Å². The number of benzene rings is 2. The first-order chi connectivity index (χ1) is 10.0. The van der Waals surface area contributed by atoms with Crippen LogP contribution in [0.2, 0.25) is 0 Å². The second-order valence-electron chi connectivity index (χ2n) is 5.81. The number of rotatable bonds is 3. The van der Waals surface area contributed by atoms with Crippen molar-refractivity contribution in [2.45, 2.75) is 26.3 Å². The predicted molar refractivity (Wildman–Crippen MR) is 87.3 cm³/mol. The number of nitrogens with zero attached hydrogens (tertiary/aromatic N) is 2. The summed E-state index contributed by atoms with van der Waals surface area (Å²) in [6, 6.07) is 14.7. The van der Waals surface area contributed by atoms with Crippen molar-refractivity contribution in [3.63, 3.8) is 0 Å². The molecule has 0 amide bonds. The molecule has 3 nitrogen and oxygen atoms in total. The van der Waals surface area contributed by atoms with Crippen LogP contribution in [-0.2, 0) is 13.5 Å². The Bertz CT molecular complexity index is 766. The number of aromatic nitrogens is 2. The van der Waals surface area contributed by atoms with E-state index in [4.69, 9.17) is 10.7 Å². The van der Waals surface area contributed by atoms with E-state index in [0.29, 0.717) is 0 Å². The Kier molecular flexibility index (Phi) is 3.52. The first-order valence-electron chi connectivity index (χ1n) is 7.28. The van der Waals surface area contributed by atoms with Crippen LogP contribution in [0.4, 0.5) is 0 Å². The van der Waals surface area contributed by atoms with Crippen LogP contribution in [0.25, 0.3) is 11.0 Å². The van der Waals surface area contributed by atoms with Crippen molar-refractivity contribution in [2.24, 2.45) is 12.8 Å². The minimum Gasteiger partial charge on any atom is -0.331 e. The van der Waals surface area contributed by atoms with Gasteiger partial charge in [0.1, 0.15) is 5.82 Å². The minimum absolute atomic E-state index is 0.0286. The summed E-state index contributed by atoms with van der Waals surface area (Å²) in [5.74, 6) is 1.03. The average Bonchev–Trinajstić information content (AvgIpc) is 2.75. The fourth-order valence-electron chi connectivity index (χ4n) is 2.92. The zero-order chi connectivity index (χ0) is 15.0. The second kappa shape index (κ2) is 5.34. The lowest BCUT2D eigenvalue weighted by molar-refractivity contribution is 0.664. The Hall–Kier alpha value is -2.13. The van der Waals surface area contributed by atoms with Crippen LogP contribution >= 0.6 is 0 Å². The van der Waals surface area contributed by atoms with Crippen LogP contribution in [0.3, 0.4) is 0 Å². The molecule has 0 aliphatic carbocycles. The quantitative estimate of drug-likeness (QED) is 0.798. The summed E-state index contributed by atoms with van der Waals surface area (Å²) < 4.78 is 2.14. The van der Waals surface area contributed by atoms with Gasteiger partial charge in [0.2, 0.25) is 0 Å². The maximum Gasteiger partial charge on any atom is 0.111 e. The molecule has 3 aromatic rings. The number of hydrogen-bond donors (Lipinski definition) is 1. The number of para-hydroxylation sites is 2. The third kappa shape index (κ3) is 2.69. The molecule has 0 saturated heterocycles. The number of fused-ring (bicyclic) bond motifs is 1. The highest BCUT2D eigenvalue weighted by atomic mass is 15.1. The van der Waals surface area contributed by atoms with Gasteiger partial charge in [0.05, 0.1) is 11.0 Å². The van der Waals surface area contributed by atoms with Gasteiger partial charge in [-0.1, -0.05) is 41.5 Å². The lowest BCUT2D eigenvalue weighted by atomic mass is 9.99. The fourth-order valence-corrected chi connectivity index (χ4v) is 2.92. The number of aryl methyl sites for hydroxylation is 3. The van der Waals surface area contributed by atoms with Crippen molar-refractivity contribution in [3.05, 3.63) is 65.0 Å². The summed E-state index contributed by atoms with van der Waals surface area (Å²) in [6.07, 6.45) is 0.744. The lowest BCUT2D eigenvalue weighted by Crippen LogP contribution is -2.16. The molecule has 1 heterocycles. The van der Waals surface area contributed by atoms with Crippen molar-refractivity contribution < 1.29 is 0 Å². The van der Waals surface area contributed by atoms with Gasteiger partial charge in [-0.05, 0) is 31.5 Å². The van der Waals surface area contributed by atoms with Gasteiger partial charge in [-0.3, -0.25) is 0 Å². The fraction of sp³-hybridized carbons (Fsp3) is 0.278. The van der Waals surface area contributed by atoms with E-state index in [0.717, 1.165) is 23.3 Å². The molecule has 2 N–H and O–H groups in total. The molecule has 0 saturated carbocycles. The average molecular weight is 279 g/mol. The second-order valence-corrected chi connectivity index (χ2v) is 5.81. The summed E-state index contributed by atoms with van der Waals surface area (Å²) >= 11 is 0. The molecule has 3 heteroatoms. The van der Waals surface area contributed by atoms with E-state index in [1.54, 1.807) is 0 Å². The van der Waals surface area contributed by atoms with Gasteiger partial charge in [0.25, 0.3) is 0 Å². The maximum absolute atomic E-state index is 6.40. The van der Waals surface area contributed by atoms with E-state index in [2.05, 4.69) is 49.7 Å². The summed E-state index contributed by atoms with van der Waals surface area (Å²) in [4.78, 5) is 4.71. The van der Waals surface area contributed by atoms with Crippen LogP contribution in [0.15, 0.2) is 42.5 Å². The van der Waals surface area contributed by atoms with Crippen molar-refractivity contribution >= 4 is 11.0 Å². The van der Waals surface area contributed by atoms with E-state index < -0.39 is 0 Å². The predicted octanol–water partition coefficient (Wildman–Crippen LogP) is 3.43. The first-order valence-corrected chi connectivity index (χ1v) is 7.28. The Morgan fingerprint density at radius 2 is 1.76 bits per heavy atom. The van der Waals surface area contributed by atoms with E-state index in [9.17, 15) is 0 Å². The van der Waals surface area contributed by atoms with Crippen molar-refractivity contribution in [3.8, 4) is 0 Å². The number of hydrogen-bond acceptors (Lipinski definition) is 2. The molecule has 1 unspecified atom stereocenters. The lowest BCUT2D eigenvalue weighted by Gasteiger charge is -2.13. The van der Waals surface area contributed by atoms with E-state index in [-0.39, 0.29) is 6.04 Å². The van der Waals surface area contributed by atoms with E-state index >= 15 is 0 Å². The molecule has 108 valence electrons. The highest BCUT2D eigenvalue weighted by Crippen LogP contribution is 2.21. The Balaban J connectivity index is 1.92. The SMILES string of the molecule is Cc1cc(C)cc(C(N)Cc2nc3ccccc3n2C)c1. The Morgan fingerprint density at radius 1 is 1.10 bits per heavy atom. The largest absolute Gasteiger partial charge is 0.331 e. The first kappa shape index (κ1) is 13.8. The van der Waals surface area contributed by atoms with Gasteiger partial charge in [-0.25, -0.2) is 4.98 Å². The molecule has 0 bridgehead atoms. The van der Waals surface area contributed by atoms with Crippen LogP contribution in [0.1, 0.15) is 28.6 Å². The molecular formula is C18H21N3. The molecular weight excluding hydrogens is 258 g/mol. The topological polar surface area (TPSA) is 43.8 Å². The van der Waals surface area contributed by atoms with Gasteiger partial charge in [-0.2, -0.15) is 0 Å². The standard InChI is InChI=1S/C18H21N3/c1-12-8-13(2)10-14(9-12)15(19)11-18-20-16-6-4-5-7-17(16)21(18)3/h4-10,15H,11,19H2,1-3H3. The number of imidazole rings is 1.